The van der Waals surface area contributed by atoms with Gasteiger partial charge in [-0.2, -0.15) is 0 Å². The second-order valence-corrected chi connectivity index (χ2v) is 12.0. The van der Waals surface area contributed by atoms with E-state index >= 15 is 0 Å². The molecule has 0 unspecified atom stereocenters. The fourth-order valence-electron chi connectivity index (χ4n) is 5.56. The molecule has 0 amide bonds. The smallest absolute Gasteiger partial charge is 0.0633 e. The SMILES string of the molecule is CCCCCCCCCCCCCCCCCCCCCC(=Nc1ccccc1)C(CCCC)=Nc1ccccc1. The van der Waals surface area contributed by atoms with Crippen LogP contribution in [0.2, 0.25) is 0 Å². The minimum atomic E-state index is 0.996. The molecule has 0 aliphatic carbocycles. The summed E-state index contributed by atoms with van der Waals surface area (Å²) in [4.78, 5) is 10.2. The van der Waals surface area contributed by atoms with E-state index in [0.717, 1.165) is 30.6 Å². The van der Waals surface area contributed by atoms with Gasteiger partial charge in [-0.3, -0.25) is 9.98 Å². The van der Waals surface area contributed by atoms with Crippen molar-refractivity contribution in [3.8, 4) is 0 Å². The standard InChI is InChI=1S/C39H62N2/c1-3-5-7-8-9-10-11-12-13-14-15-16-17-18-19-20-21-22-29-35-39(41-37-32-27-24-28-33-37)38(34-6-4-2)40-36-30-25-23-26-31-36/h23-28,30-33H,3-22,29,34-35H2,1-2H3. The molecule has 0 atom stereocenters. The van der Waals surface area contributed by atoms with E-state index in [4.69, 9.17) is 9.98 Å². The molecule has 0 saturated carbocycles. The second-order valence-electron chi connectivity index (χ2n) is 12.0. The summed E-state index contributed by atoms with van der Waals surface area (Å²) in [5.74, 6) is 0. The van der Waals surface area contributed by atoms with Crippen molar-refractivity contribution in [2.75, 3.05) is 0 Å². The van der Waals surface area contributed by atoms with Crippen molar-refractivity contribution in [3.63, 3.8) is 0 Å². The van der Waals surface area contributed by atoms with Crippen LogP contribution in [0.15, 0.2) is 70.6 Å². The van der Waals surface area contributed by atoms with Crippen molar-refractivity contribution in [2.24, 2.45) is 9.98 Å². The van der Waals surface area contributed by atoms with Crippen LogP contribution in [0.5, 0.6) is 0 Å². The number of hydrogen-bond donors (Lipinski definition) is 0. The molecule has 0 aliphatic heterocycles. The summed E-state index contributed by atoms with van der Waals surface area (Å²) in [6.45, 7) is 4.56. The van der Waals surface area contributed by atoms with Crippen molar-refractivity contribution in [2.45, 2.75) is 162 Å². The summed E-state index contributed by atoms with van der Waals surface area (Å²) >= 11 is 0. The number of aliphatic imine (C=N–C) groups is 2. The first-order chi connectivity index (χ1) is 20.3. The van der Waals surface area contributed by atoms with Gasteiger partial charge in [0.25, 0.3) is 0 Å². The minimum Gasteiger partial charge on any atom is -0.252 e. The van der Waals surface area contributed by atoms with E-state index in [2.05, 4.69) is 74.5 Å². The van der Waals surface area contributed by atoms with E-state index < -0.39 is 0 Å². The fraction of sp³-hybridized carbons (Fsp3) is 0.641. The Kier molecular flexibility index (Phi) is 21.7. The summed E-state index contributed by atoms with van der Waals surface area (Å²) in [7, 11) is 0. The molecule has 2 nitrogen and oxygen atoms in total. The Morgan fingerprint density at radius 3 is 1.00 bits per heavy atom. The number of nitrogens with zero attached hydrogens (tertiary/aromatic N) is 2. The van der Waals surface area contributed by atoms with Crippen LogP contribution in [0.25, 0.3) is 0 Å². The maximum absolute atomic E-state index is 5.11. The zero-order valence-electron chi connectivity index (χ0n) is 26.9. The molecule has 0 heterocycles. The number of hydrogen-bond acceptors (Lipinski definition) is 2. The van der Waals surface area contributed by atoms with E-state index in [1.807, 2.05) is 0 Å². The summed E-state index contributed by atoms with van der Waals surface area (Å²) in [6.07, 6.45) is 31.2. The molecule has 0 bridgehead atoms. The maximum Gasteiger partial charge on any atom is 0.0633 e. The topological polar surface area (TPSA) is 24.7 Å². The Morgan fingerprint density at radius 1 is 0.366 bits per heavy atom. The Hall–Kier alpha value is -2.22. The third-order valence-corrected chi connectivity index (χ3v) is 8.16. The molecule has 2 heteroatoms. The average Bonchev–Trinajstić information content (AvgIpc) is 3.01. The lowest BCUT2D eigenvalue weighted by Crippen LogP contribution is -2.14. The largest absolute Gasteiger partial charge is 0.252 e. The first kappa shape index (κ1) is 35.0. The van der Waals surface area contributed by atoms with Crippen molar-refractivity contribution >= 4 is 22.8 Å². The highest BCUT2D eigenvalue weighted by Crippen LogP contribution is 2.20. The van der Waals surface area contributed by atoms with Crippen LogP contribution in [0.1, 0.15) is 162 Å². The molecule has 41 heavy (non-hydrogen) atoms. The van der Waals surface area contributed by atoms with Gasteiger partial charge in [-0.15, -0.1) is 0 Å². The first-order valence-electron chi connectivity index (χ1n) is 17.6. The number of unbranched alkanes of at least 4 members (excludes halogenated alkanes) is 19. The molecule has 0 radical (unpaired) electrons. The van der Waals surface area contributed by atoms with Crippen LogP contribution in [-0.2, 0) is 0 Å². The van der Waals surface area contributed by atoms with Crippen molar-refractivity contribution in [1.29, 1.82) is 0 Å². The summed E-state index contributed by atoms with van der Waals surface area (Å²) in [5, 5.41) is 0. The maximum atomic E-state index is 5.11. The Labute approximate surface area is 254 Å². The molecule has 0 spiro atoms. The number of para-hydroxylation sites is 2. The lowest BCUT2D eigenvalue weighted by molar-refractivity contribution is 0.524. The van der Waals surface area contributed by atoms with Gasteiger partial charge in [-0.1, -0.05) is 172 Å². The zero-order chi connectivity index (χ0) is 29.1. The van der Waals surface area contributed by atoms with Crippen LogP contribution in [0, 0.1) is 0 Å². The van der Waals surface area contributed by atoms with E-state index in [-0.39, 0.29) is 0 Å². The van der Waals surface area contributed by atoms with E-state index in [1.54, 1.807) is 0 Å². The molecule has 0 aromatic heterocycles. The van der Waals surface area contributed by atoms with Crippen LogP contribution < -0.4 is 0 Å². The van der Waals surface area contributed by atoms with Crippen LogP contribution in [0.3, 0.4) is 0 Å². The highest BCUT2D eigenvalue weighted by Gasteiger charge is 2.10. The fourth-order valence-corrected chi connectivity index (χ4v) is 5.56. The minimum absolute atomic E-state index is 0.996. The second kappa shape index (κ2) is 25.5. The monoisotopic (exact) mass is 558 g/mol. The molecular formula is C39H62N2. The van der Waals surface area contributed by atoms with Gasteiger partial charge in [-0.05, 0) is 49.9 Å². The van der Waals surface area contributed by atoms with Crippen molar-refractivity contribution in [3.05, 3.63) is 60.7 Å². The highest BCUT2D eigenvalue weighted by atomic mass is 14.8. The summed E-state index contributed by atoms with van der Waals surface area (Å²) in [5.41, 5.74) is 4.43. The van der Waals surface area contributed by atoms with Gasteiger partial charge in [0.2, 0.25) is 0 Å². The van der Waals surface area contributed by atoms with Gasteiger partial charge >= 0.3 is 0 Å². The molecule has 0 N–H and O–H groups in total. The normalized spacial score (nSPS) is 12.2. The molecular weight excluding hydrogens is 496 g/mol. The van der Waals surface area contributed by atoms with Gasteiger partial charge in [0, 0.05) is 0 Å². The molecule has 2 aromatic rings. The van der Waals surface area contributed by atoms with Gasteiger partial charge < -0.3 is 0 Å². The van der Waals surface area contributed by atoms with Gasteiger partial charge in [0.15, 0.2) is 0 Å². The van der Waals surface area contributed by atoms with Crippen molar-refractivity contribution in [1.82, 2.24) is 0 Å². The Bertz CT molecular complexity index is 900. The predicted octanol–water partition coefficient (Wildman–Crippen LogP) is 13.5. The van der Waals surface area contributed by atoms with Crippen LogP contribution in [-0.4, -0.2) is 11.4 Å². The molecule has 2 rings (SSSR count). The summed E-state index contributed by atoms with van der Waals surface area (Å²) < 4.78 is 0. The van der Waals surface area contributed by atoms with E-state index in [1.165, 1.54) is 140 Å². The lowest BCUT2D eigenvalue weighted by atomic mass is 10.0. The lowest BCUT2D eigenvalue weighted by Gasteiger charge is -2.11. The van der Waals surface area contributed by atoms with Crippen LogP contribution >= 0.6 is 0 Å². The number of rotatable bonds is 26. The Balaban J connectivity index is 1.61. The molecule has 0 saturated heterocycles. The third-order valence-electron chi connectivity index (χ3n) is 8.16. The average molecular weight is 559 g/mol. The van der Waals surface area contributed by atoms with Gasteiger partial charge in [0.1, 0.15) is 0 Å². The third kappa shape index (κ3) is 18.8. The quantitative estimate of drug-likeness (QED) is 0.0810. The summed E-state index contributed by atoms with van der Waals surface area (Å²) in [6, 6.07) is 20.8. The molecule has 0 fully saturated rings. The Morgan fingerprint density at radius 2 is 0.659 bits per heavy atom. The number of benzene rings is 2. The van der Waals surface area contributed by atoms with E-state index in [0.29, 0.717) is 0 Å². The first-order valence-corrected chi connectivity index (χ1v) is 17.6. The van der Waals surface area contributed by atoms with Crippen molar-refractivity contribution < 1.29 is 0 Å². The zero-order valence-corrected chi connectivity index (χ0v) is 26.9. The molecule has 2 aromatic carbocycles. The molecule has 0 aliphatic rings. The van der Waals surface area contributed by atoms with E-state index in [9.17, 15) is 0 Å². The predicted molar refractivity (Wildman–Crippen MR) is 185 cm³/mol. The van der Waals surface area contributed by atoms with Gasteiger partial charge in [-0.25, -0.2) is 0 Å². The highest BCUT2D eigenvalue weighted by molar-refractivity contribution is 6.43. The molecule has 228 valence electrons. The van der Waals surface area contributed by atoms with Crippen LogP contribution in [0.4, 0.5) is 11.4 Å². The van der Waals surface area contributed by atoms with Gasteiger partial charge in [0.05, 0.1) is 22.8 Å².